The van der Waals surface area contributed by atoms with Gasteiger partial charge in [0, 0.05) is 48.9 Å². The normalized spacial score (nSPS) is 21.1. The molecule has 3 aliphatic rings. The third-order valence-electron chi connectivity index (χ3n) is 5.73. The van der Waals surface area contributed by atoms with Crippen LogP contribution in [0.25, 0.3) is 0 Å². The Morgan fingerprint density at radius 1 is 1.07 bits per heavy atom. The van der Waals surface area contributed by atoms with Crippen molar-refractivity contribution in [1.29, 1.82) is 0 Å². The molecule has 0 saturated carbocycles. The lowest BCUT2D eigenvalue weighted by molar-refractivity contribution is -0.100. The Kier molecular flexibility index (Phi) is 11.9. The van der Waals surface area contributed by atoms with E-state index in [0.29, 0.717) is 0 Å². The molecule has 3 aliphatic heterocycles. The maximum Gasteiger partial charge on any atom is 0.0966 e. The van der Waals surface area contributed by atoms with Crippen molar-refractivity contribution in [1.82, 2.24) is 9.80 Å². The molecule has 0 aliphatic carbocycles. The Bertz CT molecular complexity index is 529. The molecule has 1 spiro atoms. The van der Waals surface area contributed by atoms with Gasteiger partial charge in [-0.2, -0.15) is 0 Å². The van der Waals surface area contributed by atoms with E-state index in [4.69, 9.17) is 4.74 Å². The van der Waals surface area contributed by atoms with Gasteiger partial charge in [0.1, 0.15) is 0 Å². The van der Waals surface area contributed by atoms with Gasteiger partial charge in [-0.1, -0.05) is 48.5 Å². The fourth-order valence-corrected chi connectivity index (χ4v) is 5.64. The first-order chi connectivity index (χ1) is 13.7. The Labute approximate surface area is 179 Å². The maximum atomic E-state index is 6.37. The van der Waals surface area contributed by atoms with Gasteiger partial charge >= 0.3 is 0 Å². The van der Waals surface area contributed by atoms with E-state index < -0.39 is 0 Å². The fourth-order valence-electron chi connectivity index (χ4n) is 4.47. The fraction of sp³-hybridized carbons (Fsp3) is 0.833. The summed E-state index contributed by atoms with van der Waals surface area (Å²) in [6, 6.07) is 2.45. The minimum absolute atomic E-state index is 0.0460. The quantitative estimate of drug-likeness (QED) is 0.625. The van der Waals surface area contributed by atoms with E-state index in [2.05, 4.69) is 29.8 Å². The lowest BCUT2D eigenvalue weighted by Gasteiger charge is -2.46. The van der Waals surface area contributed by atoms with Crippen LogP contribution in [0.15, 0.2) is 6.07 Å². The van der Waals surface area contributed by atoms with Gasteiger partial charge in [0.25, 0.3) is 0 Å². The van der Waals surface area contributed by atoms with Crippen LogP contribution in [-0.4, -0.2) is 56.2 Å². The molecule has 0 atom stereocenters. The van der Waals surface area contributed by atoms with Gasteiger partial charge in [0.2, 0.25) is 0 Å². The highest BCUT2D eigenvalue weighted by atomic mass is 32.1. The summed E-state index contributed by atoms with van der Waals surface area (Å²) in [7, 11) is 2.22. The zero-order valence-corrected chi connectivity index (χ0v) is 20.8. The SMILES string of the molecule is CC.CC.CC.CCc1cc2c(s1)CCOC21CCN(CC2CN(C)C2)CC1. The predicted octanol–water partition coefficient (Wildman–Crippen LogP) is 5.81. The summed E-state index contributed by atoms with van der Waals surface area (Å²) in [5.41, 5.74) is 1.59. The molecule has 0 radical (unpaired) electrons. The summed E-state index contributed by atoms with van der Waals surface area (Å²) in [5, 5.41) is 0. The number of fused-ring (bicyclic) bond motifs is 2. The van der Waals surface area contributed by atoms with Crippen molar-refractivity contribution in [3.8, 4) is 0 Å². The van der Waals surface area contributed by atoms with Gasteiger partial charge in [-0.3, -0.25) is 0 Å². The third kappa shape index (κ3) is 6.04. The molecule has 2 fully saturated rings. The van der Waals surface area contributed by atoms with Crippen LogP contribution in [0.1, 0.15) is 76.6 Å². The molecule has 28 heavy (non-hydrogen) atoms. The van der Waals surface area contributed by atoms with E-state index in [1.165, 1.54) is 50.4 Å². The van der Waals surface area contributed by atoms with Crippen LogP contribution in [0.4, 0.5) is 0 Å². The topological polar surface area (TPSA) is 15.7 Å². The second kappa shape index (κ2) is 13.0. The Morgan fingerprint density at radius 2 is 1.68 bits per heavy atom. The van der Waals surface area contributed by atoms with Crippen LogP contribution in [0.3, 0.4) is 0 Å². The van der Waals surface area contributed by atoms with Crippen LogP contribution in [0, 0.1) is 5.92 Å². The van der Waals surface area contributed by atoms with Crippen molar-refractivity contribution in [2.24, 2.45) is 5.92 Å². The first-order valence-corrected chi connectivity index (χ1v) is 12.7. The molecule has 0 unspecified atom stereocenters. The van der Waals surface area contributed by atoms with Crippen LogP contribution in [0.5, 0.6) is 0 Å². The van der Waals surface area contributed by atoms with Gasteiger partial charge < -0.3 is 14.5 Å². The molecule has 4 heterocycles. The second-order valence-electron chi connectivity index (χ2n) is 7.38. The second-order valence-corrected chi connectivity index (χ2v) is 8.61. The third-order valence-corrected chi connectivity index (χ3v) is 7.07. The molecule has 164 valence electrons. The average molecular weight is 411 g/mol. The molecule has 1 aromatic rings. The van der Waals surface area contributed by atoms with Gasteiger partial charge in [-0.05, 0) is 43.9 Å². The minimum Gasteiger partial charge on any atom is -0.370 e. The van der Waals surface area contributed by atoms with E-state index in [-0.39, 0.29) is 5.60 Å². The number of hydrogen-bond donors (Lipinski definition) is 0. The van der Waals surface area contributed by atoms with Crippen LogP contribution in [0.2, 0.25) is 0 Å². The predicted molar refractivity (Wildman–Crippen MR) is 126 cm³/mol. The van der Waals surface area contributed by atoms with Crippen LogP contribution >= 0.6 is 11.3 Å². The zero-order chi connectivity index (χ0) is 21.2. The van der Waals surface area contributed by atoms with E-state index >= 15 is 0 Å². The van der Waals surface area contributed by atoms with E-state index in [1.54, 1.807) is 10.4 Å². The highest BCUT2D eigenvalue weighted by Crippen LogP contribution is 2.44. The average Bonchev–Trinajstić information content (AvgIpc) is 3.18. The maximum absolute atomic E-state index is 6.37. The summed E-state index contributed by atoms with van der Waals surface area (Å²) in [6.45, 7) is 21.5. The molecule has 3 nitrogen and oxygen atoms in total. The number of piperidine rings is 1. The van der Waals surface area contributed by atoms with Crippen LogP contribution in [-0.2, 0) is 23.2 Å². The van der Waals surface area contributed by atoms with Crippen LogP contribution < -0.4 is 0 Å². The first kappa shape index (κ1) is 25.6. The molecule has 4 heteroatoms. The number of hydrogen-bond acceptors (Lipinski definition) is 4. The summed E-state index contributed by atoms with van der Waals surface area (Å²) < 4.78 is 6.37. The van der Waals surface area contributed by atoms with E-state index in [0.717, 1.165) is 25.4 Å². The number of likely N-dealkylation sites (tertiary alicyclic amines) is 2. The first-order valence-electron chi connectivity index (χ1n) is 11.9. The lowest BCUT2D eigenvalue weighted by Crippen LogP contribution is -2.52. The summed E-state index contributed by atoms with van der Waals surface area (Å²) in [6.07, 6.45) is 4.65. The largest absolute Gasteiger partial charge is 0.370 e. The summed E-state index contributed by atoms with van der Waals surface area (Å²) in [5.74, 6) is 0.898. The van der Waals surface area contributed by atoms with Crippen molar-refractivity contribution in [3.63, 3.8) is 0 Å². The molecular formula is C24H46N2OS. The molecule has 0 N–H and O–H groups in total. The van der Waals surface area contributed by atoms with Crippen molar-refractivity contribution in [3.05, 3.63) is 21.4 Å². The standard InChI is InChI=1S/C18H28N2OS.3C2H6/c1-3-15-10-16-17(22-15)4-9-21-18(16)5-7-20(8-6-18)13-14-11-19(2)12-14;3*1-2/h10,14H,3-9,11-13H2,1-2H3;3*1-2H3. The molecule has 0 aromatic carbocycles. The van der Waals surface area contributed by atoms with Crippen molar-refractivity contribution >= 4 is 11.3 Å². The van der Waals surface area contributed by atoms with Crippen molar-refractivity contribution < 1.29 is 4.74 Å². The number of rotatable bonds is 3. The minimum atomic E-state index is 0.0460. The van der Waals surface area contributed by atoms with Crippen molar-refractivity contribution in [2.45, 2.75) is 79.8 Å². The van der Waals surface area contributed by atoms with Gasteiger partial charge in [0.05, 0.1) is 12.2 Å². The van der Waals surface area contributed by atoms with Gasteiger partial charge in [-0.15, -0.1) is 11.3 Å². The molecule has 2 saturated heterocycles. The van der Waals surface area contributed by atoms with Gasteiger partial charge in [0.15, 0.2) is 0 Å². The lowest BCUT2D eigenvalue weighted by atomic mass is 9.82. The number of thiophene rings is 1. The number of nitrogens with zero attached hydrogens (tertiary/aromatic N) is 2. The summed E-state index contributed by atoms with van der Waals surface area (Å²) >= 11 is 2.03. The number of aryl methyl sites for hydroxylation is 1. The highest BCUT2D eigenvalue weighted by Gasteiger charge is 2.42. The molecule has 0 amide bonds. The Balaban J connectivity index is 0.000000599. The number of ether oxygens (including phenoxy) is 1. The smallest absolute Gasteiger partial charge is 0.0966 e. The molecule has 1 aromatic heterocycles. The summed E-state index contributed by atoms with van der Waals surface area (Å²) in [4.78, 5) is 8.24. The Hall–Kier alpha value is -0.420. The monoisotopic (exact) mass is 410 g/mol. The zero-order valence-electron chi connectivity index (χ0n) is 19.9. The van der Waals surface area contributed by atoms with E-state index in [1.807, 2.05) is 52.9 Å². The van der Waals surface area contributed by atoms with Crippen molar-refractivity contribution in [2.75, 3.05) is 46.4 Å². The molecular weight excluding hydrogens is 364 g/mol. The van der Waals surface area contributed by atoms with E-state index in [9.17, 15) is 0 Å². The molecule has 4 rings (SSSR count). The highest BCUT2D eigenvalue weighted by molar-refractivity contribution is 7.12. The molecule has 0 bridgehead atoms. The van der Waals surface area contributed by atoms with Gasteiger partial charge in [-0.25, -0.2) is 0 Å². The Morgan fingerprint density at radius 3 is 2.21 bits per heavy atom.